The molecular formula is C46H31NS. The number of benzene rings is 8. The Kier molecular flexibility index (Phi) is 7.07. The zero-order valence-corrected chi connectivity index (χ0v) is 27.1. The average molecular weight is 630 g/mol. The van der Waals surface area contributed by atoms with E-state index in [4.69, 9.17) is 0 Å². The first-order valence-corrected chi connectivity index (χ1v) is 17.2. The number of hydrogen-bond donors (Lipinski definition) is 0. The van der Waals surface area contributed by atoms with E-state index in [0.717, 1.165) is 17.1 Å². The van der Waals surface area contributed by atoms with Gasteiger partial charge in [0.1, 0.15) is 0 Å². The maximum absolute atomic E-state index is 2.40. The standard InChI is InChI=1S/C46H31NS/c1-2-11-32(12-3-1)33-21-26-37(27-22-33)47(38-28-23-35(24-29-38)40-18-10-14-34-13-4-5-15-39(34)40)44-19-8-6-16-41(44)36-25-30-46-43(31-36)42-17-7-9-20-45(42)48-46/h1-31H. The van der Waals surface area contributed by atoms with Crippen LogP contribution in [0.25, 0.3) is 64.3 Å². The number of anilines is 3. The van der Waals surface area contributed by atoms with E-state index in [1.807, 2.05) is 11.3 Å². The molecule has 9 rings (SSSR count). The summed E-state index contributed by atoms with van der Waals surface area (Å²) in [6, 6.07) is 68.2. The van der Waals surface area contributed by atoms with Crippen LogP contribution < -0.4 is 4.90 Å². The van der Waals surface area contributed by atoms with E-state index in [1.165, 1.54) is 64.3 Å². The van der Waals surface area contributed by atoms with Gasteiger partial charge in [0.2, 0.25) is 0 Å². The van der Waals surface area contributed by atoms with E-state index in [9.17, 15) is 0 Å². The number of para-hydroxylation sites is 1. The van der Waals surface area contributed by atoms with Gasteiger partial charge in [-0.05, 0) is 87.1 Å². The molecule has 0 aliphatic carbocycles. The third kappa shape index (κ3) is 5.04. The number of nitrogens with zero attached hydrogens (tertiary/aromatic N) is 1. The van der Waals surface area contributed by atoms with Crippen LogP contribution in [-0.4, -0.2) is 0 Å². The van der Waals surface area contributed by atoms with Gasteiger partial charge in [-0.15, -0.1) is 11.3 Å². The zero-order chi connectivity index (χ0) is 31.9. The van der Waals surface area contributed by atoms with Crippen molar-refractivity contribution < 1.29 is 0 Å². The molecular weight excluding hydrogens is 599 g/mol. The van der Waals surface area contributed by atoms with Crippen LogP contribution in [0.5, 0.6) is 0 Å². The van der Waals surface area contributed by atoms with Crippen LogP contribution in [-0.2, 0) is 0 Å². The number of thiophene rings is 1. The molecule has 0 spiro atoms. The molecule has 1 nitrogen and oxygen atoms in total. The Balaban J connectivity index is 1.19. The summed E-state index contributed by atoms with van der Waals surface area (Å²) in [7, 11) is 0. The van der Waals surface area contributed by atoms with Gasteiger partial charge in [-0.3, -0.25) is 0 Å². The largest absolute Gasteiger partial charge is 0.310 e. The number of rotatable bonds is 6. The molecule has 0 atom stereocenters. The van der Waals surface area contributed by atoms with Crippen molar-refractivity contribution in [1.82, 2.24) is 0 Å². The Morgan fingerprint density at radius 1 is 0.333 bits per heavy atom. The van der Waals surface area contributed by atoms with Gasteiger partial charge >= 0.3 is 0 Å². The molecule has 0 unspecified atom stereocenters. The first-order chi connectivity index (χ1) is 23.8. The van der Waals surface area contributed by atoms with Gasteiger partial charge in [-0.25, -0.2) is 0 Å². The lowest BCUT2D eigenvalue weighted by molar-refractivity contribution is 1.28. The molecule has 0 aliphatic rings. The topological polar surface area (TPSA) is 3.24 Å². The third-order valence-electron chi connectivity index (χ3n) is 9.29. The Labute approximate surface area is 284 Å². The Bertz CT molecular complexity index is 2540. The molecule has 0 saturated carbocycles. The third-order valence-corrected chi connectivity index (χ3v) is 10.4. The first kappa shape index (κ1) is 28.3. The van der Waals surface area contributed by atoms with Gasteiger partial charge < -0.3 is 4.90 Å². The quantitative estimate of drug-likeness (QED) is 0.177. The second-order valence-corrected chi connectivity index (χ2v) is 13.2. The van der Waals surface area contributed by atoms with E-state index in [-0.39, 0.29) is 0 Å². The molecule has 0 amide bonds. The highest BCUT2D eigenvalue weighted by Crippen LogP contribution is 2.44. The molecule has 0 bridgehead atoms. The SMILES string of the molecule is c1ccc(-c2ccc(N(c3ccc(-c4cccc5ccccc45)cc3)c3ccccc3-c3ccc4sc5ccccc5c4c3)cc2)cc1. The predicted molar refractivity (Wildman–Crippen MR) is 208 cm³/mol. The van der Waals surface area contributed by atoms with Gasteiger partial charge in [-0.2, -0.15) is 0 Å². The molecule has 1 aromatic heterocycles. The van der Waals surface area contributed by atoms with Gasteiger partial charge in [-0.1, -0.05) is 140 Å². The minimum absolute atomic E-state index is 1.11. The number of hydrogen-bond acceptors (Lipinski definition) is 2. The molecule has 48 heavy (non-hydrogen) atoms. The van der Waals surface area contributed by atoms with Crippen LogP contribution >= 0.6 is 11.3 Å². The molecule has 0 N–H and O–H groups in total. The predicted octanol–water partition coefficient (Wildman–Crippen LogP) is 13.7. The van der Waals surface area contributed by atoms with Gasteiger partial charge in [0, 0.05) is 37.1 Å². The van der Waals surface area contributed by atoms with Crippen molar-refractivity contribution >= 4 is 59.3 Å². The monoisotopic (exact) mass is 629 g/mol. The van der Waals surface area contributed by atoms with E-state index in [1.54, 1.807) is 0 Å². The minimum Gasteiger partial charge on any atom is -0.310 e. The van der Waals surface area contributed by atoms with E-state index in [0.29, 0.717) is 0 Å². The van der Waals surface area contributed by atoms with Gasteiger partial charge in [0.25, 0.3) is 0 Å². The molecule has 8 aromatic carbocycles. The summed E-state index contributed by atoms with van der Waals surface area (Å²) in [6.45, 7) is 0. The molecule has 0 radical (unpaired) electrons. The summed E-state index contributed by atoms with van der Waals surface area (Å²) < 4.78 is 2.64. The molecule has 2 heteroatoms. The van der Waals surface area contributed by atoms with Crippen molar-refractivity contribution in [2.45, 2.75) is 0 Å². The highest BCUT2D eigenvalue weighted by atomic mass is 32.1. The summed E-state index contributed by atoms with van der Waals surface area (Å²) in [5.41, 5.74) is 10.6. The maximum Gasteiger partial charge on any atom is 0.0540 e. The van der Waals surface area contributed by atoms with Crippen LogP contribution in [0.3, 0.4) is 0 Å². The number of fused-ring (bicyclic) bond motifs is 4. The fraction of sp³-hybridized carbons (Fsp3) is 0. The molecule has 0 aliphatic heterocycles. The second-order valence-electron chi connectivity index (χ2n) is 12.1. The fourth-order valence-electron chi connectivity index (χ4n) is 6.93. The van der Waals surface area contributed by atoms with Crippen molar-refractivity contribution in [2.75, 3.05) is 4.90 Å². The van der Waals surface area contributed by atoms with Crippen LogP contribution in [0, 0.1) is 0 Å². The summed E-state index contributed by atoms with van der Waals surface area (Å²) in [5.74, 6) is 0. The van der Waals surface area contributed by atoms with Crippen molar-refractivity contribution in [3.63, 3.8) is 0 Å². The van der Waals surface area contributed by atoms with Crippen molar-refractivity contribution in [3.05, 3.63) is 188 Å². The van der Waals surface area contributed by atoms with Crippen LogP contribution in [0.15, 0.2) is 188 Å². The maximum atomic E-state index is 2.40. The normalized spacial score (nSPS) is 11.3. The zero-order valence-electron chi connectivity index (χ0n) is 26.3. The van der Waals surface area contributed by atoms with E-state index >= 15 is 0 Å². The van der Waals surface area contributed by atoms with Crippen molar-refractivity contribution in [2.24, 2.45) is 0 Å². The Hall–Kier alpha value is -5.96. The van der Waals surface area contributed by atoms with Crippen LogP contribution in [0.1, 0.15) is 0 Å². The van der Waals surface area contributed by atoms with Gasteiger partial charge in [0.05, 0.1) is 5.69 Å². The summed E-state index contributed by atoms with van der Waals surface area (Å²) in [5, 5.41) is 5.14. The second kappa shape index (κ2) is 12.0. The van der Waals surface area contributed by atoms with Gasteiger partial charge in [0.15, 0.2) is 0 Å². The summed E-state index contributed by atoms with van der Waals surface area (Å²) >= 11 is 1.86. The molecule has 226 valence electrons. The fourth-order valence-corrected chi connectivity index (χ4v) is 8.02. The molecule has 0 fully saturated rings. The average Bonchev–Trinajstić information content (AvgIpc) is 3.54. The lowest BCUT2D eigenvalue weighted by Gasteiger charge is -2.28. The minimum atomic E-state index is 1.11. The summed E-state index contributed by atoms with van der Waals surface area (Å²) in [6.07, 6.45) is 0. The molecule has 0 saturated heterocycles. The van der Waals surface area contributed by atoms with E-state index in [2.05, 4.69) is 193 Å². The molecule has 9 aromatic rings. The highest BCUT2D eigenvalue weighted by molar-refractivity contribution is 7.25. The smallest absolute Gasteiger partial charge is 0.0540 e. The Morgan fingerprint density at radius 3 is 1.71 bits per heavy atom. The van der Waals surface area contributed by atoms with E-state index < -0.39 is 0 Å². The van der Waals surface area contributed by atoms with Crippen LogP contribution in [0.2, 0.25) is 0 Å². The highest BCUT2D eigenvalue weighted by Gasteiger charge is 2.18. The lowest BCUT2D eigenvalue weighted by atomic mass is 9.97. The van der Waals surface area contributed by atoms with Crippen molar-refractivity contribution in [1.29, 1.82) is 0 Å². The Morgan fingerprint density at radius 2 is 0.896 bits per heavy atom. The van der Waals surface area contributed by atoms with Crippen molar-refractivity contribution in [3.8, 4) is 33.4 Å². The molecule has 1 heterocycles. The first-order valence-electron chi connectivity index (χ1n) is 16.3. The summed E-state index contributed by atoms with van der Waals surface area (Å²) in [4.78, 5) is 2.40. The lowest BCUT2D eigenvalue weighted by Crippen LogP contribution is -2.11. The van der Waals surface area contributed by atoms with Crippen LogP contribution in [0.4, 0.5) is 17.1 Å².